The van der Waals surface area contributed by atoms with E-state index in [1.54, 1.807) is 0 Å². The highest BCUT2D eigenvalue weighted by Crippen LogP contribution is 2.25. The lowest BCUT2D eigenvalue weighted by Gasteiger charge is -2.20. The van der Waals surface area contributed by atoms with Crippen molar-refractivity contribution in [2.45, 2.75) is 38.6 Å². The minimum atomic E-state index is 0.173. The normalized spacial score (nSPS) is 18.2. The second-order valence-corrected chi connectivity index (χ2v) is 6.44. The summed E-state index contributed by atoms with van der Waals surface area (Å²) >= 11 is 0. The number of ether oxygens (including phenoxy) is 1. The fourth-order valence-electron chi connectivity index (χ4n) is 3.03. The van der Waals surface area contributed by atoms with Crippen LogP contribution in [0.4, 0.5) is 0 Å². The zero-order valence-corrected chi connectivity index (χ0v) is 14.6. The highest BCUT2D eigenvalue weighted by molar-refractivity contribution is 5.82. The molecule has 1 atom stereocenters. The summed E-state index contributed by atoms with van der Waals surface area (Å²) in [5.41, 5.74) is 1.22. The van der Waals surface area contributed by atoms with Crippen LogP contribution in [0, 0.1) is 0 Å². The molecule has 0 amide bonds. The van der Waals surface area contributed by atoms with Gasteiger partial charge in [0.2, 0.25) is 0 Å². The average molecular weight is 322 g/mol. The third kappa shape index (κ3) is 4.38. The molecule has 3 heteroatoms. The van der Waals surface area contributed by atoms with E-state index in [2.05, 4.69) is 31.0 Å². The lowest BCUT2D eigenvalue weighted by Crippen LogP contribution is -2.26. The summed E-state index contributed by atoms with van der Waals surface area (Å²) in [6, 6.07) is 18.3. The first-order valence-corrected chi connectivity index (χ1v) is 8.83. The van der Waals surface area contributed by atoms with Gasteiger partial charge in [0.15, 0.2) is 0 Å². The van der Waals surface area contributed by atoms with Crippen LogP contribution in [-0.2, 0) is 0 Å². The molecule has 1 aliphatic rings. The van der Waals surface area contributed by atoms with Crippen molar-refractivity contribution in [1.82, 2.24) is 4.90 Å². The number of benzene rings is 2. The Morgan fingerprint density at radius 2 is 1.62 bits per heavy atom. The number of rotatable bonds is 4. The molecular formula is C21H26N2O. The van der Waals surface area contributed by atoms with Gasteiger partial charge in [-0.3, -0.25) is 4.99 Å². The minimum absolute atomic E-state index is 0.173. The van der Waals surface area contributed by atoms with Crippen molar-refractivity contribution >= 4 is 5.84 Å². The Kier molecular flexibility index (Phi) is 5.52. The second-order valence-electron chi connectivity index (χ2n) is 6.44. The molecule has 1 saturated heterocycles. The largest absolute Gasteiger partial charge is 0.457 e. The van der Waals surface area contributed by atoms with Crippen LogP contribution in [0.5, 0.6) is 11.5 Å². The van der Waals surface area contributed by atoms with Crippen molar-refractivity contribution < 1.29 is 4.74 Å². The Morgan fingerprint density at radius 1 is 0.917 bits per heavy atom. The van der Waals surface area contributed by atoms with Crippen LogP contribution in [0.2, 0.25) is 0 Å². The van der Waals surface area contributed by atoms with E-state index in [4.69, 9.17) is 9.73 Å². The van der Waals surface area contributed by atoms with E-state index in [9.17, 15) is 0 Å². The zero-order valence-electron chi connectivity index (χ0n) is 14.6. The van der Waals surface area contributed by atoms with Crippen molar-refractivity contribution in [3.05, 3.63) is 60.2 Å². The van der Waals surface area contributed by atoms with Gasteiger partial charge in [0.1, 0.15) is 11.5 Å². The maximum atomic E-state index is 5.85. The maximum Gasteiger partial charge on any atom is 0.127 e. The molecule has 0 spiro atoms. The van der Waals surface area contributed by atoms with Crippen molar-refractivity contribution in [1.29, 1.82) is 0 Å². The highest BCUT2D eigenvalue weighted by Gasteiger charge is 2.13. The van der Waals surface area contributed by atoms with Crippen LogP contribution in [-0.4, -0.2) is 24.3 Å². The van der Waals surface area contributed by atoms with Gasteiger partial charge in [-0.2, -0.15) is 0 Å². The molecule has 0 saturated carbocycles. The first kappa shape index (κ1) is 16.6. The molecule has 3 rings (SSSR count). The third-order valence-electron chi connectivity index (χ3n) is 4.52. The molecule has 0 aromatic heterocycles. The number of hydrogen-bond donors (Lipinski definition) is 0. The molecule has 3 nitrogen and oxygen atoms in total. The molecule has 1 unspecified atom stereocenters. The Balaban J connectivity index is 1.68. The monoisotopic (exact) mass is 322 g/mol. The standard InChI is InChI=1S/C21H26N2O/c1-17(22-21-11-7-4-8-16-23(21)2)18-12-14-20(15-13-18)24-19-9-5-3-6-10-19/h3,5-6,9-10,12-15,17H,4,7-8,11,16H2,1-2H3/b22-21+. The number of nitrogens with zero attached hydrogens (tertiary/aromatic N) is 2. The maximum absolute atomic E-state index is 5.85. The van der Waals surface area contributed by atoms with Gasteiger partial charge in [0.25, 0.3) is 0 Å². The van der Waals surface area contributed by atoms with Gasteiger partial charge in [-0.25, -0.2) is 0 Å². The SMILES string of the molecule is CC(/N=C1\CCCCCN1C)c1ccc(Oc2ccccc2)cc1. The van der Waals surface area contributed by atoms with E-state index >= 15 is 0 Å². The average Bonchev–Trinajstić information content (AvgIpc) is 2.81. The van der Waals surface area contributed by atoms with E-state index in [-0.39, 0.29) is 6.04 Å². The highest BCUT2D eigenvalue weighted by atomic mass is 16.5. The van der Waals surface area contributed by atoms with E-state index in [1.165, 1.54) is 30.7 Å². The van der Waals surface area contributed by atoms with E-state index < -0.39 is 0 Å². The minimum Gasteiger partial charge on any atom is -0.457 e. The summed E-state index contributed by atoms with van der Waals surface area (Å²) in [7, 11) is 2.16. The molecule has 126 valence electrons. The molecule has 2 aromatic rings. The molecule has 0 N–H and O–H groups in total. The van der Waals surface area contributed by atoms with Crippen LogP contribution in [0.1, 0.15) is 44.2 Å². The van der Waals surface area contributed by atoms with Gasteiger partial charge in [-0.15, -0.1) is 0 Å². The third-order valence-corrected chi connectivity index (χ3v) is 4.52. The molecular weight excluding hydrogens is 296 g/mol. The number of aliphatic imine (C=N–C) groups is 1. The summed E-state index contributed by atoms with van der Waals surface area (Å²) < 4.78 is 5.85. The Hall–Kier alpha value is -2.29. The van der Waals surface area contributed by atoms with E-state index in [0.717, 1.165) is 24.5 Å². The summed E-state index contributed by atoms with van der Waals surface area (Å²) in [5, 5.41) is 0. The lowest BCUT2D eigenvalue weighted by atomic mass is 10.1. The number of amidine groups is 1. The molecule has 0 bridgehead atoms. The predicted octanol–water partition coefficient (Wildman–Crippen LogP) is 5.44. The van der Waals surface area contributed by atoms with Crippen LogP contribution in [0.25, 0.3) is 0 Å². The van der Waals surface area contributed by atoms with Gasteiger partial charge in [0, 0.05) is 20.0 Å². The smallest absolute Gasteiger partial charge is 0.127 e. The topological polar surface area (TPSA) is 24.8 Å². The van der Waals surface area contributed by atoms with E-state index in [0.29, 0.717) is 0 Å². The van der Waals surface area contributed by atoms with Crippen LogP contribution in [0.3, 0.4) is 0 Å². The quantitative estimate of drug-likeness (QED) is 0.748. The summed E-state index contributed by atoms with van der Waals surface area (Å²) in [5.74, 6) is 2.96. The Labute approximate surface area is 145 Å². The van der Waals surface area contributed by atoms with Gasteiger partial charge in [-0.1, -0.05) is 36.8 Å². The number of likely N-dealkylation sites (tertiary alicyclic amines) is 1. The lowest BCUT2D eigenvalue weighted by molar-refractivity contribution is 0.482. The first-order chi connectivity index (χ1) is 11.7. The fraction of sp³-hybridized carbons (Fsp3) is 0.381. The molecule has 24 heavy (non-hydrogen) atoms. The van der Waals surface area contributed by atoms with Crippen molar-refractivity contribution in [3.8, 4) is 11.5 Å². The number of para-hydroxylation sites is 1. The fourth-order valence-corrected chi connectivity index (χ4v) is 3.03. The number of hydrogen-bond acceptors (Lipinski definition) is 2. The van der Waals surface area contributed by atoms with Crippen LogP contribution in [0.15, 0.2) is 59.6 Å². The van der Waals surface area contributed by atoms with Gasteiger partial charge in [0.05, 0.1) is 11.9 Å². The second kappa shape index (κ2) is 8.00. The molecule has 0 radical (unpaired) electrons. The predicted molar refractivity (Wildman–Crippen MR) is 99.9 cm³/mol. The molecule has 1 aliphatic heterocycles. The van der Waals surface area contributed by atoms with Gasteiger partial charge in [-0.05, 0) is 49.6 Å². The summed E-state index contributed by atoms with van der Waals surface area (Å²) in [4.78, 5) is 7.28. The zero-order chi connectivity index (χ0) is 16.8. The van der Waals surface area contributed by atoms with Crippen LogP contribution < -0.4 is 4.74 Å². The van der Waals surface area contributed by atoms with Gasteiger partial charge < -0.3 is 9.64 Å². The molecule has 1 heterocycles. The van der Waals surface area contributed by atoms with Crippen LogP contribution >= 0.6 is 0 Å². The van der Waals surface area contributed by atoms with Crippen molar-refractivity contribution in [3.63, 3.8) is 0 Å². The van der Waals surface area contributed by atoms with Gasteiger partial charge >= 0.3 is 0 Å². The molecule has 0 aliphatic carbocycles. The summed E-state index contributed by atoms with van der Waals surface area (Å²) in [6.07, 6.45) is 4.93. The first-order valence-electron chi connectivity index (χ1n) is 8.83. The van der Waals surface area contributed by atoms with Crippen molar-refractivity contribution in [2.24, 2.45) is 4.99 Å². The molecule has 2 aromatic carbocycles. The Morgan fingerprint density at radius 3 is 2.38 bits per heavy atom. The van der Waals surface area contributed by atoms with Crippen molar-refractivity contribution in [2.75, 3.05) is 13.6 Å². The summed E-state index contributed by atoms with van der Waals surface area (Å²) in [6.45, 7) is 3.29. The van der Waals surface area contributed by atoms with E-state index in [1.807, 2.05) is 42.5 Å². The Bertz CT molecular complexity index is 664. The molecule has 1 fully saturated rings.